The van der Waals surface area contributed by atoms with E-state index in [1.165, 1.54) is 0 Å². The molecule has 1 aromatic carbocycles. The van der Waals surface area contributed by atoms with Crippen molar-refractivity contribution < 1.29 is 18.1 Å². The van der Waals surface area contributed by atoms with Crippen molar-refractivity contribution in [1.82, 2.24) is 0 Å². The number of benzene rings is 1. The SMILES string of the molecule is CCOc1cccc(NC2CCS(=O)(=O)CC2)c1[N+](=O)[O-]. The lowest BCUT2D eigenvalue weighted by atomic mass is 10.1. The first-order chi connectivity index (χ1) is 9.93. The van der Waals surface area contributed by atoms with Crippen LogP contribution in [0.5, 0.6) is 5.75 Å². The van der Waals surface area contributed by atoms with Gasteiger partial charge in [-0.15, -0.1) is 0 Å². The lowest BCUT2D eigenvalue weighted by Crippen LogP contribution is -2.32. The Balaban J connectivity index is 2.20. The molecule has 0 aromatic heterocycles. The van der Waals surface area contributed by atoms with Crippen LogP contribution in [0.3, 0.4) is 0 Å². The van der Waals surface area contributed by atoms with Crippen LogP contribution in [0, 0.1) is 10.1 Å². The van der Waals surface area contributed by atoms with Crippen LogP contribution in [0.4, 0.5) is 11.4 Å². The third-order valence-electron chi connectivity index (χ3n) is 3.40. The van der Waals surface area contributed by atoms with Gasteiger partial charge >= 0.3 is 5.69 Å². The second-order valence-corrected chi connectivity index (χ2v) is 7.22. The molecule has 1 aliphatic rings. The van der Waals surface area contributed by atoms with Crippen molar-refractivity contribution in [3.8, 4) is 5.75 Å². The van der Waals surface area contributed by atoms with Gasteiger partial charge in [0.05, 0.1) is 23.0 Å². The highest BCUT2D eigenvalue weighted by Crippen LogP contribution is 2.35. The highest BCUT2D eigenvalue weighted by molar-refractivity contribution is 7.91. The highest BCUT2D eigenvalue weighted by atomic mass is 32.2. The van der Waals surface area contributed by atoms with Gasteiger partial charge in [0.1, 0.15) is 15.5 Å². The van der Waals surface area contributed by atoms with E-state index in [1.54, 1.807) is 25.1 Å². The number of sulfone groups is 1. The number of nitrogens with one attached hydrogen (secondary N) is 1. The third-order valence-corrected chi connectivity index (χ3v) is 5.11. The van der Waals surface area contributed by atoms with Gasteiger partial charge in [-0.2, -0.15) is 0 Å². The Morgan fingerprint density at radius 2 is 2.05 bits per heavy atom. The number of ether oxygens (including phenoxy) is 1. The van der Waals surface area contributed by atoms with Crippen LogP contribution in [0.1, 0.15) is 19.8 Å². The van der Waals surface area contributed by atoms with Gasteiger partial charge in [-0.1, -0.05) is 6.07 Å². The molecule has 1 aliphatic heterocycles. The first kappa shape index (κ1) is 15.6. The molecule has 0 aliphatic carbocycles. The van der Waals surface area contributed by atoms with E-state index in [0.717, 1.165) is 0 Å². The molecule has 0 unspecified atom stereocenters. The van der Waals surface area contributed by atoms with E-state index in [1.807, 2.05) is 0 Å². The maximum Gasteiger partial charge on any atom is 0.333 e. The van der Waals surface area contributed by atoms with Gasteiger partial charge in [0.25, 0.3) is 0 Å². The molecule has 1 heterocycles. The standard InChI is InChI=1S/C13H18N2O5S/c1-2-20-12-5-3-4-11(13(12)15(16)17)14-10-6-8-21(18,19)9-7-10/h3-5,10,14H,2,6-9H2,1H3. The molecule has 1 saturated heterocycles. The zero-order valence-electron chi connectivity index (χ0n) is 11.7. The summed E-state index contributed by atoms with van der Waals surface area (Å²) >= 11 is 0. The molecule has 1 fully saturated rings. The normalized spacial score (nSPS) is 18.1. The van der Waals surface area contributed by atoms with Crippen molar-refractivity contribution in [2.75, 3.05) is 23.4 Å². The molecule has 0 amide bonds. The predicted molar refractivity (Wildman–Crippen MR) is 79.6 cm³/mol. The van der Waals surface area contributed by atoms with Crippen LogP contribution >= 0.6 is 0 Å². The van der Waals surface area contributed by atoms with Crippen LogP contribution in [0.2, 0.25) is 0 Å². The van der Waals surface area contributed by atoms with Gasteiger partial charge in [-0.3, -0.25) is 10.1 Å². The quantitative estimate of drug-likeness (QED) is 0.659. The zero-order chi connectivity index (χ0) is 15.5. The smallest absolute Gasteiger partial charge is 0.333 e. The minimum absolute atomic E-state index is 0.0795. The van der Waals surface area contributed by atoms with Gasteiger partial charge in [0.2, 0.25) is 0 Å². The zero-order valence-corrected chi connectivity index (χ0v) is 12.6. The molecule has 1 aromatic rings. The second-order valence-electron chi connectivity index (χ2n) is 4.91. The topological polar surface area (TPSA) is 98.5 Å². The van der Waals surface area contributed by atoms with Crippen molar-refractivity contribution in [1.29, 1.82) is 0 Å². The van der Waals surface area contributed by atoms with Crippen molar-refractivity contribution in [2.45, 2.75) is 25.8 Å². The fraction of sp³-hybridized carbons (Fsp3) is 0.538. The molecule has 0 radical (unpaired) electrons. The maximum atomic E-state index is 11.4. The summed E-state index contributed by atoms with van der Waals surface area (Å²) in [4.78, 5) is 10.8. The van der Waals surface area contributed by atoms with Crippen LogP contribution in [-0.4, -0.2) is 37.5 Å². The van der Waals surface area contributed by atoms with E-state index >= 15 is 0 Å². The van der Waals surface area contributed by atoms with Gasteiger partial charge < -0.3 is 10.1 Å². The molecule has 0 atom stereocenters. The number of rotatable bonds is 5. The average molecular weight is 314 g/mol. The van der Waals surface area contributed by atoms with Gasteiger partial charge in [-0.25, -0.2) is 8.42 Å². The predicted octanol–water partition coefficient (Wildman–Crippen LogP) is 1.98. The third kappa shape index (κ3) is 3.84. The average Bonchev–Trinajstić information content (AvgIpc) is 2.41. The van der Waals surface area contributed by atoms with Crippen molar-refractivity contribution in [3.63, 3.8) is 0 Å². The summed E-state index contributed by atoms with van der Waals surface area (Å²) in [6.45, 7) is 2.10. The summed E-state index contributed by atoms with van der Waals surface area (Å²) in [7, 11) is -2.95. The van der Waals surface area contributed by atoms with Gasteiger partial charge in [0.15, 0.2) is 5.75 Å². The molecule has 21 heavy (non-hydrogen) atoms. The van der Waals surface area contributed by atoms with Crippen LogP contribution in [0.25, 0.3) is 0 Å². The minimum Gasteiger partial charge on any atom is -0.487 e. The van der Waals surface area contributed by atoms with E-state index in [2.05, 4.69) is 5.32 Å². The molecule has 7 nitrogen and oxygen atoms in total. The lowest BCUT2D eigenvalue weighted by Gasteiger charge is -2.24. The Morgan fingerprint density at radius 3 is 2.62 bits per heavy atom. The number of hydrogen-bond acceptors (Lipinski definition) is 6. The second kappa shape index (κ2) is 6.30. The number of nitrogens with zero attached hydrogens (tertiary/aromatic N) is 1. The van der Waals surface area contributed by atoms with Crippen LogP contribution in [-0.2, 0) is 9.84 Å². The number of para-hydroxylation sites is 1. The van der Waals surface area contributed by atoms with Crippen molar-refractivity contribution >= 4 is 21.2 Å². The molecular weight excluding hydrogens is 296 g/mol. The maximum absolute atomic E-state index is 11.4. The first-order valence-corrected chi connectivity index (χ1v) is 8.62. The number of nitro groups is 1. The Morgan fingerprint density at radius 1 is 1.38 bits per heavy atom. The minimum atomic E-state index is -2.95. The number of anilines is 1. The summed E-state index contributed by atoms with van der Waals surface area (Å²) < 4.78 is 28.1. The van der Waals surface area contributed by atoms with Crippen molar-refractivity contribution in [2.24, 2.45) is 0 Å². The molecule has 0 saturated carbocycles. The van der Waals surface area contributed by atoms with E-state index in [4.69, 9.17) is 4.74 Å². The Labute approximate surface area is 123 Å². The van der Waals surface area contributed by atoms with E-state index < -0.39 is 14.8 Å². The Bertz CT molecular complexity index is 615. The van der Waals surface area contributed by atoms with Gasteiger partial charge in [0, 0.05) is 6.04 Å². The summed E-state index contributed by atoms with van der Waals surface area (Å²) in [5.41, 5.74) is 0.267. The van der Waals surface area contributed by atoms with E-state index in [0.29, 0.717) is 25.1 Å². The van der Waals surface area contributed by atoms with Crippen LogP contribution < -0.4 is 10.1 Å². The fourth-order valence-corrected chi connectivity index (χ4v) is 3.84. The van der Waals surface area contributed by atoms with Gasteiger partial charge in [-0.05, 0) is 31.9 Å². The molecule has 8 heteroatoms. The van der Waals surface area contributed by atoms with Crippen molar-refractivity contribution in [3.05, 3.63) is 28.3 Å². The monoisotopic (exact) mass is 314 g/mol. The lowest BCUT2D eigenvalue weighted by molar-refractivity contribution is -0.385. The molecular formula is C13H18N2O5S. The van der Waals surface area contributed by atoms with E-state index in [9.17, 15) is 18.5 Å². The highest BCUT2D eigenvalue weighted by Gasteiger charge is 2.27. The van der Waals surface area contributed by atoms with E-state index in [-0.39, 0.29) is 29.0 Å². The fourth-order valence-electron chi connectivity index (χ4n) is 2.35. The summed E-state index contributed by atoms with van der Waals surface area (Å²) in [6.07, 6.45) is 0.913. The molecule has 1 N–H and O–H groups in total. The number of nitro benzene ring substituents is 1. The molecule has 0 bridgehead atoms. The summed E-state index contributed by atoms with van der Waals surface area (Å²) in [5.74, 6) is 0.448. The number of hydrogen-bond donors (Lipinski definition) is 1. The summed E-state index contributed by atoms with van der Waals surface area (Å²) in [6, 6.07) is 4.77. The summed E-state index contributed by atoms with van der Waals surface area (Å²) in [5, 5.41) is 14.3. The molecule has 0 spiro atoms. The molecule has 116 valence electrons. The van der Waals surface area contributed by atoms with Crippen LogP contribution in [0.15, 0.2) is 18.2 Å². The Hall–Kier alpha value is -1.83. The first-order valence-electron chi connectivity index (χ1n) is 6.80. The largest absolute Gasteiger partial charge is 0.487 e. The molecule has 2 rings (SSSR count). The Kier molecular flexibility index (Phi) is 4.66.